The van der Waals surface area contributed by atoms with E-state index >= 15 is 0 Å². The van der Waals surface area contributed by atoms with Crippen LogP contribution in [0.15, 0.2) is 36.8 Å². The van der Waals surface area contributed by atoms with Gasteiger partial charge in [-0.15, -0.1) is 0 Å². The molecule has 26 heavy (non-hydrogen) atoms. The van der Waals surface area contributed by atoms with E-state index < -0.39 is 0 Å². The minimum atomic E-state index is 0.249. The normalized spacial score (nSPS) is 20.4. The van der Waals surface area contributed by atoms with Crippen molar-refractivity contribution < 1.29 is 9.53 Å². The Hall–Kier alpha value is -2.05. The van der Waals surface area contributed by atoms with Gasteiger partial charge in [0, 0.05) is 50.4 Å². The molecule has 4 rings (SSSR count). The molecule has 1 aromatic carbocycles. The summed E-state index contributed by atoms with van der Waals surface area (Å²) in [5.74, 6) is 1.10. The van der Waals surface area contributed by atoms with Crippen LogP contribution in [0, 0.1) is 0 Å². The van der Waals surface area contributed by atoms with Gasteiger partial charge in [0.25, 0.3) is 0 Å². The molecule has 7 heteroatoms. The van der Waals surface area contributed by atoms with Crippen LogP contribution in [0.1, 0.15) is 24.6 Å². The lowest BCUT2D eigenvalue weighted by molar-refractivity contribution is -0.128. The first-order chi connectivity index (χ1) is 12.7. The van der Waals surface area contributed by atoms with E-state index in [4.69, 9.17) is 16.3 Å². The Morgan fingerprint density at radius 3 is 2.88 bits per heavy atom. The third kappa shape index (κ3) is 3.86. The number of amides is 1. The van der Waals surface area contributed by atoms with Gasteiger partial charge < -0.3 is 14.2 Å². The van der Waals surface area contributed by atoms with Crippen LogP contribution in [0.3, 0.4) is 0 Å². The average molecular weight is 375 g/mol. The fourth-order valence-corrected chi connectivity index (χ4v) is 3.88. The van der Waals surface area contributed by atoms with Gasteiger partial charge in [-0.1, -0.05) is 11.6 Å². The fourth-order valence-electron chi connectivity index (χ4n) is 3.75. The molecule has 1 saturated heterocycles. The largest absolute Gasteiger partial charge is 0.492 e. The highest BCUT2D eigenvalue weighted by molar-refractivity contribution is 6.30. The summed E-state index contributed by atoms with van der Waals surface area (Å²) in [6.07, 6.45) is 5.47. The standard InChI is InChI=1S/C19H23ClN4O2/c20-15-3-5-18(6-4-15)26-9-8-22-11-16-10-21-14-24(16)17(12-22)13-23-7-1-2-19(23)25/h3-6,10,14,17H,1-2,7-9,11-13H2/t17-/m1/s1. The number of imidazole rings is 1. The highest BCUT2D eigenvalue weighted by Crippen LogP contribution is 2.24. The van der Waals surface area contributed by atoms with Gasteiger partial charge in [0.05, 0.1) is 18.1 Å². The van der Waals surface area contributed by atoms with Gasteiger partial charge in [0.2, 0.25) is 5.91 Å². The summed E-state index contributed by atoms with van der Waals surface area (Å²) in [6, 6.07) is 7.68. The third-order valence-corrected chi connectivity index (χ3v) is 5.34. The predicted molar refractivity (Wildman–Crippen MR) is 99.3 cm³/mol. The van der Waals surface area contributed by atoms with Gasteiger partial charge in [-0.3, -0.25) is 9.69 Å². The summed E-state index contributed by atoms with van der Waals surface area (Å²) in [5, 5.41) is 0.709. The summed E-state index contributed by atoms with van der Waals surface area (Å²) in [6.45, 7) is 4.84. The topological polar surface area (TPSA) is 50.6 Å². The van der Waals surface area contributed by atoms with E-state index in [2.05, 4.69) is 14.5 Å². The van der Waals surface area contributed by atoms with Gasteiger partial charge in [-0.2, -0.15) is 0 Å². The number of fused-ring (bicyclic) bond motifs is 1. The lowest BCUT2D eigenvalue weighted by Gasteiger charge is -2.36. The SMILES string of the molecule is O=C1CCCN1C[C@H]1CN(CCOc2ccc(Cl)cc2)Cc2cncn21. The van der Waals surface area contributed by atoms with Crippen LogP contribution in [0.25, 0.3) is 0 Å². The van der Waals surface area contributed by atoms with E-state index in [1.54, 1.807) is 0 Å². The zero-order valence-corrected chi connectivity index (χ0v) is 15.4. The predicted octanol–water partition coefficient (Wildman–Crippen LogP) is 2.59. The van der Waals surface area contributed by atoms with Crippen LogP contribution in [-0.2, 0) is 11.3 Å². The zero-order chi connectivity index (χ0) is 17.9. The van der Waals surface area contributed by atoms with Crippen molar-refractivity contribution in [2.75, 3.05) is 32.8 Å². The Morgan fingerprint density at radius 2 is 2.12 bits per heavy atom. The molecule has 138 valence electrons. The number of hydrogen-bond donors (Lipinski definition) is 0. The number of likely N-dealkylation sites (tertiary alicyclic amines) is 1. The summed E-state index contributed by atoms with van der Waals surface area (Å²) < 4.78 is 8.06. The van der Waals surface area contributed by atoms with E-state index in [1.165, 1.54) is 5.69 Å². The van der Waals surface area contributed by atoms with Crippen LogP contribution >= 0.6 is 11.6 Å². The van der Waals surface area contributed by atoms with Gasteiger partial charge in [0.1, 0.15) is 12.4 Å². The quantitative estimate of drug-likeness (QED) is 0.779. The molecule has 3 heterocycles. The van der Waals surface area contributed by atoms with Crippen LogP contribution in [-0.4, -0.2) is 58.0 Å². The molecule has 1 amide bonds. The third-order valence-electron chi connectivity index (χ3n) is 5.09. The fraction of sp³-hybridized carbons (Fsp3) is 0.474. The molecule has 1 atom stereocenters. The van der Waals surface area contributed by atoms with E-state index in [0.29, 0.717) is 18.1 Å². The Labute approximate surface area is 158 Å². The summed E-state index contributed by atoms with van der Waals surface area (Å²) >= 11 is 5.90. The van der Waals surface area contributed by atoms with Crippen molar-refractivity contribution in [2.45, 2.75) is 25.4 Å². The molecule has 0 N–H and O–H groups in total. The monoisotopic (exact) mass is 374 g/mol. The molecule has 0 bridgehead atoms. The van der Waals surface area contributed by atoms with Crippen molar-refractivity contribution >= 4 is 17.5 Å². The molecule has 0 unspecified atom stereocenters. The Bertz CT molecular complexity index is 761. The maximum absolute atomic E-state index is 12.0. The molecular formula is C19H23ClN4O2. The Morgan fingerprint density at radius 1 is 1.27 bits per heavy atom. The maximum Gasteiger partial charge on any atom is 0.222 e. The van der Waals surface area contributed by atoms with Crippen molar-refractivity contribution in [3.8, 4) is 5.75 Å². The number of carbonyl (C=O) groups excluding carboxylic acids is 1. The summed E-state index contributed by atoms with van der Waals surface area (Å²) in [5.41, 5.74) is 1.19. The van der Waals surface area contributed by atoms with Crippen molar-refractivity contribution in [3.63, 3.8) is 0 Å². The number of hydrogen-bond acceptors (Lipinski definition) is 4. The number of rotatable bonds is 6. The first-order valence-electron chi connectivity index (χ1n) is 9.08. The van der Waals surface area contributed by atoms with Crippen LogP contribution in [0.2, 0.25) is 5.02 Å². The lowest BCUT2D eigenvalue weighted by Crippen LogP contribution is -2.43. The minimum absolute atomic E-state index is 0.249. The van der Waals surface area contributed by atoms with Crippen LogP contribution in [0.5, 0.6) is 5.75 Å². The van der Waals surface area contributed by atoms with E-state index in [0.717, 1.165) is 44.9 Å². The van der Waals surface area contributed by atoms with Gasteiger partial charge >= 0.3 is 0 Å². The van der Waals surface area contributed by atoms with Gasteiger partial charge in [0.15, 0.2) is 0 Å². The summed E-state index contributed by atoms with van der Waals surface area (Å²) in [7, 11) is 0. The highest BCUT2D eigenvalue weighted by Gasteiger charge is 2.29. The lowest BCUT2D eigenvalue weighted by atomic mass is 10.1. The molecular weight excluding hydrogens is 352 g/mol. The van der Waals surface area contributed by atoms with Crippen molar-refractivity contribution in [1.29, 1.82) is 0 Å². The first kappa shape index (κ1) is 17.4. The molecule has 2 aromatic rings. The molecule has 0 radical (unpaired) electrons. The number of aromatic nitrogens is 2. The molecule has 0 spiro atoms. The molecule has 2 aliphatic heterocycles. The molecule has 0 aliphatic carbocycles. The van der Waals surface area contributed by atoms with Crippen LogP contribution < -0.4 is 4.74 Å². The second-order valence-corrected chi connectivity index (χ2v) is 7.36. The van der Waals surface area contributed by atoms with E-state index in [9.17, 15) is 4.79 Å². The van der Waals surface area contributed by atoms with Crippen LogP contribution in [0.4, 0.5) is 0 Å². The second kappa shape index (κ2) is 7.68. The van der Waals surface area contributed by atoms with Crippen molar-refractivity contribution in [2.24, 2.45) is 0 Å². The van der Waals surface area contributed by atoms with Crippen molar-refractivity contribution in [1.82, 2.24) is 19.4 Å². The Balaban J connectivity index is 1.35. The number of ether oxygens (including phenoxy) is 1. The average Bonchev–Trinajstić information content (AvgIpc) is 3.26. The highest BCUT2D eigenvalue weighted by atomic mass is 35.5. The smallest absolute Gasteiger partial charge is 0.222 e. The molecule has 6 nitrogen and oxygen atoms in total. The van der Waals surface area contributed by atoms with Gasteiger partial charge in [-0.25, -0.2) is 4.98 Å². The minimum Gasteiger partial charge on any atom is -0.492 e. The zero-order valence-electron chi connectivity index (χ0n) is 14.7. The Kier molecular flexibility index (Phi) is 5.13. The number of nitrogens with zero attached hydrogens (tertiary/aromatic N) is 4. The molecule has 1 aromatic heterocycles. The van der Waals surface area contributed by atoms with Crippen molar-refractivity contribution in [3.05, 3.63) is 47.5 Å². The van der Waals surface area contributed by atoms with E-state index in [-0.39, 0.29) is 11.9 Å². The molecule has 2 aliphatic rings. The first-order valence-corrected chi connectivity index (χ1v) is 9.46. The number of carbonyl (C=O) groups is 1. The second-order valence-electron chi connectivity index (χ2n) is 6.93. The number of halogens is 1. The van der Waals surface area contributed by atoms with Gasteiger partial charge in [-0.05, 0) is 30.7 Å². The number of benzene rings is 1. The maximum atomic E-state index is 12.0. The summed E-state index contributed by atoms with van der Waals surface area (Å²) in [4.78, 5) is 20.7. The molecule has 0 saturated carbocycles. The molecule has 1 fully saturated rings. The van der Waals surface area contributed by atoms with E-state index in [1.807, 2.05) is 41.7 Å².